The van der Waals surface area contributed by atoms with Crippen LogP contribution in [0.5, 0.6) is 5.75 Å². The summed E-state index contributed by atoms with van der Waals surface area (Å²) in [6, 6.07) is 5.93. The molecule has 7 nitrogen and oxygen atoms in total. The molecule has 1 aromatic rings. The van der Waals surface area contributed by atoms with Crippen LogP contribution in [0.2, 0.25) is 0 Å². The maximum atomic E-state index is 12.5. The van der Waals surface area contributed by atoms with Gasteiger partial charge in [-0.15, -0.1) is 37.1 Å². The predicted octanol–water partition coefficient (Wildman–Crippen LogP) is 2.81. The van der Waals surface area contributed by atoms with Gasteiger partial charge < -0.3 is 20.3 Å². The van der Waals surface area contributed by atoms with Crippen LogP contribution in [0.4, 0.5) is 13.2 Å². The number of guanidine groups is 1. The molecule has 1 aliphatic rings. The number of halogens is 4. The van der Waals surface area contributed by atoms with Crippen LogP contribution < -0.4 is 15.4 Å². The Hall–Kier alpha value is -1.76. The van der Waals surface area contributed by atoms with E-state index in [1.807, 2.05) is 0 Å². The SMILES string of the molecule is CN=C(NCCCN1CCCC1C(=O)N(C)C)NCc1ccccc1OC(F)(F)F.I. The van der Waals surface area contributed by atoms with Gasteiger partial charge in [-0.2, -0.15) is 0 Å². The first-order valence-electron chi connectivity index (χ1n) is 9.94. The van der Waals surface area contributed by atoms with E-state index in [4.69, 9.17) is 0 Å². The van der Waals surface area contributed by atoms with Gasteiger partial charge >= 0.3 is 6.36 Å². The number of likely N-dealkylation sites (tertiary alicyclic amines) is 1. The molecule has 0 aliphatic carbocycles. The van der Waals surface area contributed by atoms with Gasteiger partial charge in [-0.3, -0.25) is 14.7 Å². The normalized spacial score (nSPS) is 17.1. The molecule has 1 saturated heterocycles. The van der Waals surface area contributed by atoms with Gasteiger partial charge in [0.1, 0.15) is 5.75 Å². The van der Waals surface area contributed by atoms with Gasteiger partial charge in [0.2, 0.25) is 5.91 Å². The van der Waals surface area contributed by atoms with Gasteiger partial charge in [-0.25, -0.2) is 0 Å². The molecule has 1 amide bonds. The van der Waals surface area contributed by atoms with Crippen molar-refractivity contribution in [2.45, 2.75) is 38.2 Å². The van der Waals surface area contributed by atoms with Crippen LogP contribution in [-0.2, 0) is 11.3 Å². The fourth-order valence-corrected chi connectivity index (χ4v) is 3.43. The minimum atomic E-state index is -4.74. The predicted molar refractivity (Wildman–Crippen MR) is 125 cm³/mol. The molecule has 2 rings (SSSR count). The molecule has 1 heterocycles. The fourth-order valence-electron chi connectivity index (χ4n) is 3.43. The van der Waals surface area contributed by atoms with Crippen LogP contribution in [0, 0.1) is 0 Å². The first-order chi connectivity index (χ1) is 14.2. The van der Waals surface area contributed by atoms with Gasteiger partial charge in [0.05, 0.1) is 6.04 Å². The first kappa shape index (κ1) is 27.3. The van der Waals surface area contributed by atoms with Crippen molar-refractivity contribution in [3.63, 3.8) is 0 Å². The van der Waals surface area contributed by atoms with Gasteiger partial charge in [0.25, 0.3) is 0 Å². The number of hydrogen-bond acceptors (Lipinski definition) is 4. The second-order valence-corrected chi connectivity index (χ2v) is 7.29. The summed E-state index contributed by atoms with van der Waals surface area (Å²) in [5.41, 5.74) is 0.375. The summed E-state index contributed by atoms with van der Waals surface area (Å²) in [5, 5.41) is 6.15. The molecule has 1 fully saturated rings. The number of aliphatic imine (C=N–C) groups is 1. The van der Waals surface area contributed by atoms with Gasteiger partial charge in [0, 0.05) is 46.3 Å². The van der Waals surface area contributed by atoms with Crippen molar-refractivity contribution in [3.05, 3.63) is 29.8 Å². The van der Waals surface area contributed by atoms with E-state index >= 15 is 0 Å². The Labute approximate surface area is 198 Å². The Bertz CT molecular complexity index is 731. The molecule has 2 N–H and O–H groups in total. The Kier molecular flexibility index (Phi) is 11.4. The lowest BCUT2D eigenvalue weighted by Gasteiger charge is -2.26. The quantitative estimate of drug-likeness (QED) is 0.223. The van der Waals surface area contributed by atoms with Crippen molar-refractivity contribution in [1.82, 2.24) is 20.4 Å². The molecule has 31 heavy (non-hydrogen) atoms. The van der Waals surface area contributed by atoms with E-state index in [2.05, 4.69) is 25.3 Å². The van der Waals surface area contributed by atoms with Crippen molar-refractivity contribution in [1.29, 1.82) is 0 Å². The molecule has 1 atom stereocenters. The number of rotatable bonds is 8. The van der Waals surface area contributed by atoms with Crippen molar-refractivity contribution in [3.8, 4) is 5.75 Å². The number of amides is 1. The third kappa shape index (κ3) is 9.09. The molecule has 1 aliphatic heterocycles. The minimum Gasteiger partial charge on any atom is -0.405 e. The Morgan fingerprint density at radius 3 is 2.65 bits per heavy atom. The van der Waals surface area contributed by atoms with E-state index in [9.17, 15) is 18.0 Å². The summed E-state index contributed by atoms with van der Waals surface area (Å²) >= 11 is 0. The summed E-state index contributed by atoms with van der Waals surface area (Å²) in [4.78, 5) is 20.2. The van der Waals surface area contributed by atoms with Crippen LogP contribution in [-0.4, -0.2) is 74.8 Å². The number of para-hydroxylation sites is 1. The monoisotopic (exact) mass is 557 g/mol. The van der Waals surface area contributed by atoms with E-state index in [-0.39, 0.29) is 48.2 Å². The summed E-state index contributed by atoms with van der Waals surface area (Å²) < 4.78 is 41.7. The molecular formula is C20H31F3IN5O2. The molecule has 1 unspecified atom stereocenters. The largest absolute Gasteiger partial charge is 0.573 e. The molecule has 0 bridgehead atoms. The van der Waals surface area contributed by atoms with Gasteiger partial charge in [-0.05, 0) is 31.9 Å². The number of nitrogens with zero attached hydrogens (tertiary/aromatic N) is 3. The second kappa shape index (κ2) is 12.9. The zero-order valence-corrected chi connectivity index (χ0v) is 20.4. The Morgan fingerprint density at radius 1 is 1.29 bits per heavy atom. The molecule has 0 saturated carbocycles. The molecule has 11 heteroatoms. The smallest absolute Gasteiger partial charge is 0.405 e. The van der Waals surface area contributed by atoms with Crippen molar-refractivity contribution in [2.75, 3.05) is 40.8 Å². The van der Waals surface area contributed by atoms with Crippen LogP contribution in [0.1, 0.15) is 24.8 Å². The zero-order valence-electron chi connectivity index (χ0n) is 18.0. The number of hydrogen-bond donors (Lipinski definition) is 2. The topological polar surface area (TPSA) is 69.2 Å². The van der Waals surface area contributed by atoms with Crippen molar-refractivity contribution >= 4 is 35.8 Å². The summed E-state index contributed by atoms with van der Waals surface area (Å²) in [6.45, 7) is 2.46. The summed E-state index contributed by atoms with van der Waals surface area (Å²) in [5.74, 6) is 0.385. The number of carbonyl (C=O) groups excluding carboxylic acids is 1. The third-order valence-electron chi connectivity index (χ3n) is 4.87. The fraction of sp³-hybridized carbons (Fsp3) is 0.600. The average molecular weight is 557 g/mol. The first-order valence-corrected chi connectivity index (χ1v) is 9.94. The number of carbonyl (C=O) groups is 1. The lowest BCUT2D eigenvalue weighted by Crippen LogP contribution is -2.44. The number of benzene rings is 1. The number of nitrogens with one attached hydrogen (secondary N) is 2. The number of ether oxygens (including phenoxy) is 1. The highest BCUT2D eigenvalue weighted by molar-refractivity contribution is 14.0. The summed E-state index contributed by atoms with van der Waals surface area (Å²) in [6.07, 6.45) is -2.03. The maximum Gasteiger partial charge on any atom is 0.573 e. The van der Waals surface area contributed by atoms with Crippen molar-refractivity contribution in [2.24, 2.45) is 4.99 Å². The molecule has 0 aromatic heterocycles. The zero-order chi connectivity index (χ0) is 22.1. The number of alkyl halides is 3. The highest BCUT2D eigenvalue weighted by Crippen LogP contribution is 2.26. The van der Waals surface area contributed by atoms with Gasteiger partial charge in [0.15, 0.2) is 5.96 Å². The van der Waals surface area contributed by atoms with Crippen LogP contribution in [0.3, 0.4) is 0 Å². The minimum absolute atomic E-state index is 0. The van der Waals surface area contributed by atoms with Crippen molar-refractivity contribution < 1.29 is 22.7 Å². The maximum absolute atomic E-state index is 12.5. The van der Waals surface area contributed by atoms with Crippen LogP contribution >= 0.6 is 24.0 Å². The van der Waals surface area contributed by atoms with E-state index in [1.165, 1.54) is 12.1 Å². The highest BCUT2D eigenvalue weighted by Gasteiger charge is 2.32. The lowest BCUT2D eigenvalue weighted by atomic mass is 10.2. The molecule has 0 spiro atoms. The third-order valence-corrected chi connectivity index (χ3v) is 4.87. The molecular weight excluding hydrogens is 526 g/mol. The van der Waals surface area contributed by atoms with Crippen LogP contribution in [0.15, 0.2) is 29.3 Å². The van der Waals surface area contributed by atoms with E-state index < -0.39 is 6.36 Å². The molecule has 176 valence electrons. The van der Waals surface area contributed by atoms with E-state index in [0.29, 0.717) is 18.1 Å². The van der Waals surface area contributed by atoms with E-state index in [1.54, 1.807) is 38.2 Å². The standard InChI is InChI=1S/C20H30F3N5O2.HI/c1-24-19(26-14-15-8-4-5-10-17(15)30-20(21,22)23)25-11-7-13-28-12-6-9-16(28)18(29)27(2)3;/h4-5,8,10,16H,6-7,9,11-14H2,1-3H3,(H2,24,25,26);1H. The Balaban J connectivity index is 0.00000480. The van der Waals surface area contributed by atoms with E-state index in [0.717, 1.165) is 32.4 Å². The average Bonchev–Trinajstić information content (AvgIpc) is 3.15. The lowest BCUT2D eigenvalue weighted by molar-refractivity contribution is -0.274. The highest BCUT2D eigenvalue weighted by atomic mass is 127. The van der Waals surface area contributed by atoms with Gasteiger partial charge in [-0.1, -0.05) is 18.2 Å². The summed E-state index contributed by atoms with van der Waals surface area (Å²) in [7, 11) is 5.14. The number of likely N-dealkylation sites (N-methyl/N-ethyl adjacent to an activating group) is 1. The Morgan fingerprint density at radius 2 is 2.00 bits per heavy atom. The molecule has 1 aromatic carbocycles. The second-order valence-electron chi connectivity index (χ2n) is 7.29. The van der Waals surface area contributed by atoms with Crippen LogP contribution in [0.25, 0.3) is 0 Å². The molecule has 0 radical (unpaired) electrons.